The minimum atomic E-state index is 0. The van der Waals surface area contributed by atoms with Crippen LogP contribution in [0.3, 0.4) is 0 Å². The molecule has 2 aromatic carbocycles. The summed E-state index contributed by atoms with van der Waals surface area (Å²) in [4.78, 5) is 20.3. The number of anilines is 1. The van der Waals surface area contributed by atoms with Crippen molar-refractivity contribution in [2.24, 2.45) is 4.99 Å². The normalized spacial score (nSPS) is 14.0. The van der Waals surface area contributed by atoms with E-state index in [1.54, 1.807) is 7.05 Å². The number of benzene rings is 2. The van der Waals surface area contributed by atoms with E-state index in [-0.39, 0.29) is 29.9 Å². The molecule has 1 saturated heterocycles. The van der Waals surface area contributed by atoms with Crippen LogP contribution >= 0.6 is 24.0 Å². The summed E-state index contributed by atoms with van der Waals surface area (Å²) in [6, 6.07) is 18.7. The van der Waals surface area contributed by atoms with Crippen molar-refractivity contribution in [3.63, 3.8) is 0 Å². The maximum Gasteiger partial charge on any atom is 0.227 e. The molecular weight excluding hydrogens is 489 g/mol. The average Bonchev–Trinajstić information content (AvgIpc) is 3.17. The summed E-state index contributed by atoms with van der Waals surface area (Å²) in [6.07, 6.45) is 1.61. The SMILES string of the molecule is CN=C(NCCN(C)Cc1ccccc1)NCc1ccc(N2CCCC2=O)cc1.I. The highest BCUT2D eigenvalue weighted by atomic mass is 127. The molecule has 30 heavy (non-hydrogen) atoms. The quantitative estimate of drug-likeness (QED) is 0.318. The lowest BCUT2D eigenvalue weighted by molar-refractivity contribution is -0.117. The van der Waals surface area contributed by atoms with Crippen LogP contribution in [0.1, 0.15) is 24.0 Å². The van der Waals surface area contributed by atoms with Crippen LogP contribution in [0.25, 0.3) is 0 Å². The van der Waals surface area contributed by atoms with Crippen LogP contribution < -0.4 is 15.5 Å². The molecule has 0 radical (unpaired) electrons. The second-order valence-electron chi connectivity index (χ2n) is 7.39. The number of nitrogens with one attached hydrogen (secondary N) is 2. The van der Waals surface area contributed by atoms with Gasteiger partial charge in [0.2, 0.25) is 5.91 Å². The van der Waals surface area contributed by atoms with E-state index in [4.69, 9.17) is 0 Å². The van der Waals surface area contributed by atoms with Gasteiger partial charge in [-0.15, -0.1) is 24.0 Å². The van der Waals surface area contributed by atoms with Gasteiger partial charge < -0.3 is 20.4 Å². The lowest BCUT2D eigenvalue weighted by Gasteiger charge is -2.19. The van der Waals surface area contributed by atoms with E-state index in [1.165, 1.54) is 5.56 Å². The van der Waals surface area contributed by atoms with Gasteiger partial charge in [-0.1, -0.05) is 42.5 Å². The molecule has 0 unspecified atom stereocenters. The Labute approximate surface area is 196 Å². The Bertz CT molecular complexity index is 810. The Hall–Kier alpha value is -2.13. The standard InChI is InChI=1S/C23H31N5O.HI/c1-24-23(25-14-16-27(2)18-20-7-4-3-5-8-20)26-17-19-10-12-21(13-11-19)28-15-6-9-22(28)29;/h3-5,7-8,10-13H,6,9,14-18H2,1-2H3,(H2,24,25,26);1H. The van der Waals surface area contributed by atoms with Gasteiger partial charge in [0.15, 0.2) is 5.96 Å². The van der Waals surface area contributed by atoms with Crippen LogP contribution in [0.2, 0.25) is 0 Å². The number of guanidine groups is 1. The molecule has 162 valence electrons. The minimum absolute atomic E-state index is 0. The molecule has 7 heteroatoms. The van der Waals surface area contributed by atoms with Gasteiger partial charge in [0.1, 0.15) is 0 Å². The number of halogens is 1. The molecule has 2 N–H and O–H groups in total. The molecule has 1 fully saturated rings. The van der Waals surface area contributed by atoms with Gasteiger partial charge >= 0.3 is 0 Å². The molecule has 0 aliphatic carbocycles. The van der Waals surface area contributed by atoms with Crippen molar-refractivity contribution in [1.29, 1.82) is 0 Å². The molecule has 1 heterocycles. The lowest BCUT2D eigenvalue weighted by atomic mass is 10.2. The Balaban J connectivity index is 0.00000320. The van der Waals surface area contributed by atoms with Crippen LogP contribution in [0, 0.1) is 0 Å². The van der Waals surface area contributed by atoms with E-state index < -0.39 is 0 Å². The van der Waals surface area contributed by atoms with Gasteiger partial charge in [-0.3, -0.25) is 9.79 Å². The number of hydrogen-bond acceptors (Lipinski definition) is 3. The first-order chi connectivity index (χ1) is 14.2. The summed E-state index contributed by atoms with van der Waals surface area (Å²) >= 11 is 0. The maximum absolute atomic E-state index is 11.9. The third-order valence-corrected chi connectivity index (χ3v) is 5.09. The summed E-state index contributed by atoms with van der Waals surface area (Å²) < 4.78 is 0. The maximum atomic E-state index is 11.9. The van der Waals surface area contributed by atoms with Crippen LogP contribution in [0.15, 0.2) is 59.6 Å². The first-order valence-corrected chi connectivity index (χ1v) is 10.2. The lowest BCUT2D eigenvalue weighted by Crippen LogP contribution is -2.40. The number of carbonyl (C=O) groups is 1. The topological polar surface area (TPSA) is 60.0 Å². The van der Waals surface area contributed by atoms with Gasteiger partial charge in [-0.05, 0) is 36.7 Å². The molecule has 1 aliphatic heterocycles. The summed E-state index contributed by atoms with van der Waals surface area (Å²) in [5.41, 5.74) is 3.46. The molecule has 0 bridgehead atoms. The zero-order valence-corrected chi connectivity index (χ0v) is 20.1. The molecule has 0 spiro atoms. The molecular formula is C23H32IN5O. The van der Waals surface area contributed by atoms with Crippen LogP contribution in [0.5, 0.6) is 0 Å². The fourth-order valence-electron chi connectivity index (χ4n) is 3.46. The second-order valence-corrected chi connectivity index (χ2v) is 7.39. The summed E-state index contributed by atoms with van der Waals surface area (Å²) in [5, 5.41) is 6.71. The third kappa shape index (κ3) is 7.28. The van der Waals surface area contributed by atoms with Crippen LogP contribution in [-0.2, 0) is 17.9 Å². The van der Waals surface area contributed by atoms with Gasteiger partial charge in [0.25, 0.3) is 0 Å². The average molecular weight is 521 g/mol. The summed E-state index contributed by atoms with van der Waals surface area (Å²) in [7, 11) is 3.91. The van der Waals surface area contributed by atoms with Crippen molar-refractivity contribution in [3.05, 3.63) is 65.7 Å². The first kappa shape index (κ1) is 24.1. The molecule has 0 atom stereocenters. The zero-order chi connectivity index (χ0) is 20.5. The zero-order valence-electron chi connectivity index (χ0n) is 17.8. The van der Waals surface area contributed by atoms with E-state index in [0.29, 0.717) is 13.0 Å². The Morgan fingerprint density at radius 1 is 1.07 bits per heavy atom. The fourth-order valence-corrected chi connectivity index (χ4v) is 3.46. The predicted octanol–water partition coefficient (Wildman–Crippen LogP) is 3.23. The number of rotatable bonds is 8. The number of hydrogen-bond donors (Lipinski definition) is 2. The highest BCUT2D eigenvalue weighted by molar-refractivity contribution is 14.0. The Morgan fingerprint density at radius 3 is 2.43 bits per heavy atom. The number of likely N-dealkylation sites (N-methyl/N-ethyl adjacent to an activating group) is 1. The highest BCUT2D eigenvalue weighted by Crippen LogP contribution is 2.21. The van der Waals surface area contributed by atoms with Gasteiger partial charge in [-0.2, -0.15) is 0 Å². The molecule has 0 aromatic heterocycles. The van der Waals surface area contributed by atoms with Crippen LogP contribution in [0.4, 0.5) is 5.69 Å². The number of carbonyl (C=O) groups excluding carboxylic acids is 1. The van der Waals surface area contributed by atoms with Crippen molar-refractivity contribution in [3.8, 4) is 0 Å². The molecule has 1 aliphatic rings. The van der Waals surface area contributed by atoms with Crippen molar-refractivity contribution in [2.45, 2.75) is 25.9 Å². The third-order valence-electron chi connectivity index (χ3n) is 5.09. The monoisotopic (exact) mass is 521 g/mol. The van der Waals surface area contributed by atoms with Gasteiger partial charge in [0, 0.05) is 51.9 Å². The van der Waals surface area contributed by atoms with Crippen molar-refractivity contribution >= 4 is 41.5 Å². The predicted molar refractivity (Wildman–Crippen MR) is 134 cm³/mol. The molecule has 2 aromatic rings. The van der Waals surface area contributed by atoms with E-state index in [1.807, 2.05) is 23.1 Å². The van der Waals surface area contributed by atoms with Crippen molar-refractivity contribution < 1.29 is 4.79 Å². The van der Waals surface area contributed by atoms with E-state index in [2.05, 4.69) is 64.0 Å². The molecule has 6 nitrogen and oxygen atoms in total. The fraction of sp³-hybridized carbons (Fsp3) is 0.391. The van der Waals surface area contributed by atoms with Gasteiger partial charge in [0.05, 0.1) is 0 Å². The molecule has 3 rings (SSSR count). The second kappa shape index (κ2) is 12.5. The first-order valence-electron chi connectivity index (χ1n) is 10.2. The number of nitrogens with zero attached hydrogens (tertiary/aromatic N) is 3. The molecule has 0 saturated carbocycles. The van der Waals surface area contributed by atoms with Crippen molar-refractivity contribution in [2.75, 3.05) is 38.6 Å². The summed E-state index contributed by atoms with van der Waals surface area (Å²) in [6.45, 7) is 4.19. The minimum Gasteiger partial charge on any atom is -0.355 e. The number of aliphatic imine (C=N–C) groups is 1. The summed E-state index contributed by atoms with van der Waals surface area (Å²) in [5.74, 6) is 1.01. The largest absolute Gasteiger partial charge is 0.355 e. The van der Waals surface area contributed by atoms with Gasteiger partial charge in [-0.25, -0.2) is 0 Å². The van der Waals surface area contributed by atoms with Crippen molar-refractivity contribution in [1.82, 2.24) is 15.5 Å². The van der Waals surface area contributed by atoms with E-state index >= 15 is 0 Å². The van der Waals surface area contributed by atoms with Crippen LogP contribution in [-0.4, -0.2) is 50.5 Å². The number of amides is 1. The molecule has 1 amide bonds. The smallest absolute Gasteiger partial charge is 0.227 e. The van der Waals surface area contributed by atoms with E-state index in [0.717, 1.165) is 49.8 Å². The Kier molecular flexibility index (Phi) is 10.1. The van der Waals surface area contributed by atoms with E-state index in [9.17, 15) is 4.79 Å². The Morgan fingerprint density at radius 2 is 1.80 bits per heavy atom. The highest BCUT2D eigenvalue weighted by Gasteiger charge is 2.21.